The second-order valence-electron chi connectivity index (χ2n) is 8.17. The average molecular weight is 450 g/mol. The summed E-state index contributed by atoms with van der Waals surface area (Å²) in [7, 11) is 2.86. The number of ether oxygens (including phenoxy) is 1. The van der Waals surface area contributed by atoms with Gasteiger partial charge >= 0.3 is 11.7 Å². The summed E-state index contributed by atoms with van der Waals surface area (Å²) in [6.45, 7) is 7.40. The molecule has 0 saturated carbocycles. The molecule has 33 heavy (non-hydrogen) atoms. The molecule has 0 fully saturated rings. The number of benzene rings is 1. The van der Waals surface area contributed by atoms with E-state index in [4.69, 9.17) is 4.74 Å². The maximum absolute atomic E-state index is 12.7. The van der Waals surface area contributed by atoms with Gasteiger partial charge in [0.25, 0.3) is 5.56 Å². The molecular formula is C25H27N3O5. The zero-order valence-electron chi connectivity index (χ0n) is 19.6. The SMILES string of the molecule is Cc1cc(C)cc(-n2c(C)cc(C(=O)COC(=O)/C=C/c3cn(C)c(=O)n(C)c3=O)c2C)c1. The maximum Gasteiger partial charge on any atom is 0.331 e. The van der Waals surface area contributed by atoms with Gasteiger partial charge in [-0.1, -0.05) is 6.07 Å². The molecule has 0 amide bonds. The van der Waals surface area contributed by atoms with Crippen molar-refractivity contribution in [3.05, 3.63) is 91.0 Å². The number of aromatic nitrogens is 3. The van der Waals surface area contributed by atoms with Crippen LogP contribution in [0.2, 0.25) is 0 Å². The zero-order chi connectivity index (χ0) is 24.4. The van der Waals surface area contributed by atoms with Gasteiger partial charge in [-0.25, -0.2) is 9.59 Å². The molecule has 8 heteroatoms. The van der Waals surface area contributed by atoms with Crippen molar-refractivity contribution in [1.82, 2.24) is 13.7 Å². The van der Waals surface area contributed by atoms with Crippen LogP contribution in [0.3, 0.4) is 0 Å². The molecule has 172 valence electrons. The molecule has 1 aromatic carbocycles. The fourth-order valence-electron chi connectivity index (χ4n) is 3.89. The van der Waals surface area contributed by atoms with E-state index in [2.05, 4.69) is 18.2 Å². The van der Waals surface area contributed by atoms with E-state index in [0.717, 1.165) is 38.8 Å². The summed E-state index contributed by atoms with van der Waals surface area (Å²) >= 11 is 0. The highest BCUT2D eigenvalue weighted by Crippen LogP contribution is 2.23. The van der Waals surface area contributed by atoms with E-state index < -0.39 is 23.8 Å². The Labute approximate surface area is 191 Å². The first-order valence-electron chi connectivity index (χ1n) is 10.4. The highest BCUT2D eigenvalue weighted by molar-refractivity contribution is 6.00. The topological polar surface area (TPSA) is 92.3 Å². The normalized spacial score (nSPS) is 11.2. The first kappa shape index (κ1) is 23.7. The highest BCUT2D eigenvalue weighted by atomic mass is 16.5. The zero-order valence-corrected chi connectivity index (χ0v) is 19.6. The summed E-state index contributed by atoms with van der Waals surface area (Å²) in [6.07, 6.45) is 3.66. The van der Waals surface area contributed by atoms with Crippen LogP contribution in [-0.4, -0.2) is 32.1 Å². The number of Topliss-reactive ketones (excluding diaryl/α,β-unsaturated/α-hetero) is 1. The third kappa shape index (κ3) is 4.95. The van der Waals surface area contributed by atoms with Gasteiger partial charge in [-0.05, 0) is 63.1 Å². The lowest BCUT2D eigenvalue weighted by Crippen LogP contribution is -2.37. The fraction of sp³-hybridized carbons (Fsp3) is 0.280. The van der Waals surface area contributed by atoms with Crippen LogP contribution in [0, 0.1) is 27.7 Å². The Bertz CT molecular complexity index is 1380. The molecule has 0 spiro atoms. The standard InChI is InChI=1S/C25H27N3O5/c1-15-9-16(2)11-20(10-15)28-17(3)12-21(18(28)4)22(29)14-33-23(30)8-7-19-13-26(5)25(32)27(6)24(19)31/h7-13H,14H2,1-6H3/b8-7+. The van der Waals surface area contributed by atoms with Crippen molar-refractivity contribution in [2.75, 3.05) is 6.61 Å². The molecule has 0 atom stereocenters. The average Bonchev–Trinajstić information content (AvgIpc) is 3.05. The van der Waals surface area contributed by atoms with E-state index >= 15 is 0 Å². The van der Waals surface area contributed by atoms with Gasteiger partial charge in [0.1, 0.15) is 0 Å². The molecular weight excluding hydrogens is 422 g/mol. The second-order valence-corrected chi connectivity index (χ2v) is 8.17. The Morgan fingerprint density at radius 2 is 1.61 bits per heavy atom. The first-order chi connectivity index (χ1) is 15.5. The van der Waals surface area contributed by atoms with E-state index in [1.54, 1.807) is 6.07 Å². The van der Waals surface area contributed by atoms with Gasteiger partial charge in [-0.2, -0.15) is 0 Å². The predicted octanol–water partition coefficient (Wildman–Crippen LogP) is 2.55. The lowest BCUT2D eigenvalue weighted by Gasteiger charge is -2.12. The van der Waals surface area contributed by atoms with Gasteiger partial charge < -0.3 is 13.9 Å². The quantitative estimate of drug-likeness (QED) is 0.328. The summed E-state index contributed by atoms with van der Waals surface area (Å²) < 4.78 is 9.28. The number of rotatable bonds is 6. The molecule has 0 aliphatic carbocycles. The number of ketones is 1. The number of esters is 1. The lowest BCUT2D eigenvalue weighted by molar-refractivity contribution is -0.136. The first-order valence-corrected chi connectivity index (χ1v) is 10.4. The number of nitrogens with zero attached hydrogens (tertiary/aromatic N) is 3. The molecule has 3 rings (SSSR count). The Morgan fingerprint density at radius 1 is 0.970 bits per heavy atom. The van der Waals surface area contributed by atoms with Gasteiger partial charge in [-0.3, -0.25) is 14.2 Å². The van der Waals surface area contributed by atoms with Crippen LogP contribution < -0.4 is 11.2 Å². The summed E-state index contributed by atoms with van der Waals surface area (Å²) in [4.78, 5) is 48.7. The van der Waals surface area contributed by atoms with Crippen LogP contribution in [-0.2, 0) is 23.6 Å². The van der Waals surface area contributed by atoms with E-state index in [9.17, 15) is 19.2 Å². The van der Waals surface area contributed by atoms with Crippen molar-refractivity contribution in [2.24, 2.45) is 14.1 Å². The summed E-state index contributed by atoms with van der Waals surface area (Å²) in [5.74, 6) is -1.08. The summed E-state index contributed by atoms with van der Waals surface area (Å²) in [5, 5.41) is 0. The molecule has 0 bridgehead atoms. The molecule has 2 aromatic heterocycles. The summed E-state index contributed by atoms with van der Waals surface area (Å²) in [5.41, 5.74) is 4.52. The predicted molar refractivity (Wildman–Crippen MR) is 126 cm³/mol. The molecule has 0 radical (unpaired) electrons. The number of aryl methyl sites for hydroxylation is 4. The van der Waals surface area contributed by atoms with Crippen molar-refractivity contribution >= 4 is 17.8 Å². The van der Waals surface area contributed by atoms with Crippen LogP contribution in [0.15, 0.2) is 46.1 Å². The summed E-state index contributed by atoms with van der Waals surface area (Å²) in [6, 6.07) is 7.97. The minimum Gasteiger partial charge on any atom is -0.454 e. The molecule has 0 aliphatic heterocycles. The van der Waals surface area contributed by atoms with Crippen molar-refractivity contribution in [1.29, 1.82) is 0 Å². The molecule has 3 aromatic rings. The maximum atomic E-state index is 12.7. The van der Waals surface area contributed by atoms with Crippen LogP contribution in [0.5, 0.6) is 0 Å². The van der Waals surface area contributed by atoms with Crippen molar-refractivity contribution in [3.8, 4) is 5.69 Å². The van der Waals surface area contributed by atoms with Gasteiger partial charge in [0, 0.05) is 49.0 Å². The van der Waals surface area contributed by atoms with E-state index in [1.807, 2.05) is 32.3 Å². The van der Waals surface area contributed by atoms with Gasteiger partial charge in [0.05, 0.1) is 5.56 Å². The minimum atomic E-state index is -0.762. The molecule has 8 nitrogen and oxygen atoms in total. The van der Waals surface area contributed by atoms with Gasteiger partial charge in [0.15, 0.2) is 6.61 Å². The Hall–Kier alpha value is -3.94. The minimum absolute atomic E-state index is 0.153. The third-order valence-electron chi connectivity index (χ3n) is 5.41. The Kier molecular flexibility index (Phi) is 6.67. The number of hydrogen-bond donors (Lipinski definition) is 0. The molecule has 0 N–H and O–H groups in total. The Balaban J connectivity index is 1.74. The van der Waals surface area contributed by atoms with Crippen LogP contribution in [0.25, 0.3) is 11.8 Å². The molecule has 2 heterocycles. The smallest absolute Gasteiger partial charge is 0.331 e. The number of hydrogen-bond acceptors (Lipinski definition) is 5. The largest absolute Gasteiger partial charge is 0.454 e. The van der Waals surface area contributed by atoms with Gasteiger partial charge in [-0.15, -0.1) is 0 Å². The number of carbonyl (C=O) groups excluding carboxylic acids is 2. The van der Waals surface area contributed by atoms with Crippen LogP contribution >= 0.6 is 0 Å². The van der Waals surface area contributed by atoms with Crippen molar-refractivity contribution in [3.63, 3.8) is 0 Å². The molecule has 0 aliphatic rings. The molecule has 0 unspecified atom stereocenters. The van der Waals surface area contributed by atoms with Crippen LogP contribution in [0.1, 0.15) is 38.4 Å². The monoisotopic (exact) mass is 449 g/mol. The van der Waals surface area contributed by atoms with E-state index in [0.29, 0.717) is 5.56 Å². The fourth-order valence-corrected chi connectivity index (χ4v) is 3.89. The van der Waals surface area contributed by atoms with Gasteiger partial charge in [0.2, 0.25) is 5.78 Å². The Morgan fingerprint density at radius 3 is 2.24 bits per heavy atom. The lowest BCUT2D eigenvalue weighted by atomic mass is 10.1. The van der Waals surface area contributed by atoms with Crippen LogP contribution in [0.4, 0.5) is 0 Å². The van der Waals surface area contributed by atoms with E-state index in [-0.39, 0.29) is 11.3 Å². The van der Waals surface area contributed by atoms with E-state index in [1.165, 1.54) is 30.9 Å². The molecule has 0 saturated heterocycles. The van der Waals surface area contributed by atoms with Crippen molar-refractivity contribution in [2.45, 2.75) is 27.7 Å². The number of carbonyl (C=O) groups is 2. The third-order valence-corrected chi connectivity index (χ3v) is 5.41. The highest BCUT2D eigenvalue weighted by Gasteiger charge is 2.18. The van der Waals surface area contributed by atoms with Crippen molar-refractivity contribution < 1.29 is 14.3 Å². The second kappa shape index (κ2) is 9.28.